The van der Waals surface area contributed by atoms with Crippen LogP contribution in [0.15, 0.2) is 29.6 Å². The Bertz CT molecular complexity index is 566. The van der Waals surface area contributed by atoms with Crippen molar-refractivity contribution in [3.05, 3.63) is 40.9 Å². The van der Waals surface area contributed by atoms with Crippen LogP contribution in [0.2, 0.25) is 0 Å². The van der Waals surface area contributed by atoms with Gasteiger partial charge in [-0.05, 0) is 5.56 Å². The highest BCUT2D eigenvalue weighted by molar-refractivity contribution is 7.98. The van der Waals surface area contributed by atoms with E-state index in [9.17, 15) is 4.79 Å². The predicted molar refractivity (Wildman–Crippen MR) is 82.1 cm³/mol. The van der Waals surface area contributed by atoms with Gasteiger partial charge in [-0.2, -0.15) is 11.8 Å². The van der Waals surface area contributed by atoms with Gasteiger partial charge in [-0.3, -0.25) is 4.79 Å². The number of hydrogen-bond acceptors (Lipinski definition) is 5. The van der Waals surface area contributed by atoms with Crippen LogP contribution in [0.4, 0.5) is 0 Å². The molecule has 0 amide bonds. The van der Waals surface area contributed by atoms with E-state index in [-0.39, 0.29) is 13.0 Å². The van der Waals surface area contributed by atoms with E-state index in [0.29, 0.717) is 5.69 Å². The summed E-state index contributed by atoms with van der Waals surface area (Å²) in [5.41, 5.74) is 2.80. The van der Waals surface area contributed by atoms with Crippen molar-refractivity contribution in [3.8, 4) is 10.6 Å². The molecular weight excluding hydrogens is 294 g/mol. The lowest BCUT2D eigenvalue weighted by molar-refractivity contribution is -0.136. The summed E-state index contributed by atoms with van der Waals surface area (Å²) >= 11 is 3.15. The van der Waals surface area contributed by atoms with Crippen LogP contribution < -0.4 is 0 Å². The van der Waals surface area contributed by atoms with Crippen molar-refractivity contribution in [1.29, 1.82) is 0 Å². The topological polar surface area (TPSA) is 70.4 Å². The second-order valence-electron chi connectivity index (χ2n) is 4.19. The number of hydrogen-bond donors (Lipinski definition) is 2. The number of carboxylic acids is 1. The lowest BCUT2D eigenvalue weighted by Crippen LogP contribution is -1.99. The summed E-state index contributed by atoms with van der Waals surface area (Å²) in [5.74, 6) is 0.758. The molecule has 20 heavy (non-hydrogen) atoms. The highest BCUT2D eigenvalue weighted by Crippen LogP contribution is 2.25. The van der Waals surface area contributed by atoms with E-state index < -0.39 is 5.97 Å². The lowest BCUT2D eigenvalue weighted by atomic mass is 10.1. The number of thioether (sulfide) groups is 1. The first kappa shape index (κ1) is 15.0. The molecule has 0 aliphatic heterocycles. The molecule has 1 heterocycles. The van der Waals surface area contributed by atoms with Gasteiger partial charge in [0.05, 0.1) is 18.7 Å². The third-order valence-corrected chi connectivity index (χ3v) is 4.54. The van der Waals surface area contributed by atoms with Gasteiger partial charge in [0.2, 0.25) is 0 Å². The number of benzene rings is 1. The maximum atomic E-state index is 10.6. The van der Waals surface area contributed by atoms with Crippen molar-refractivity contribution in [2.45, 2.75) is 12.2 Å². The number of carboxylic acid groups (broad SMARTS) is 1. The van der Waals surface area contributed by atoms with Gasteiger partial charge < -0.3 is 10.2 Å². The van der Waals surface area contributed by atoms with Gasteiger partial charge in [-0.25, -0.2) is 4.98 Å². The van der Waals surface area contributed by atoms with Crippen molar-refractivity contribution in [3.63, 3.8) is 0 Å². The van der Waals surface area contributed by atoms with Gasteiger partial charge in [-0.1, -0.05) is 24.3 Å². The Labute approximate surface area is 125 Å². The highest BCUT2D eigenvalue weighted by Gasteiger charge is 2.07. The summed E-state index contributed by atoms with van der Waals surface area (Å²) in [4.78, 5) is 15.0. The monoisotopic (exact) mass is 309 g/mol. The fourth-order valence-electron chi connectivity index (χ4n) is 1.67. The second kappa shape index (κ2) is 7.42. The number of aromatic nitrogens is 1. The quantitative estimate of drug-likeness (QED) is 0.770. The van der Waals surface area contributed by atoms with E-state index in [4.69, 9.17) is 10.2 Å². The van der Waals surface area contributed by atoms with Crippen LogP contribution in [0.3, 0.4) is 0 Å². The fraction of sp³-hybridized carbons (Fsp3) is 0.286. The zero-order valence-corrected chi connectivity index (χ0v) is 12.4. The Morgan fingerprint density at radius 3 is 2.70 bits per heavy atom. The maximum absolute atomic E-state index is 10.6. The average Bonchev–Trinajstić information content (AvgIpc) is 2.87. The second-order valence-corrected chi connectivity index (χ2v) is 6.15. The first-order chi connectivity index (χ1) is 9.69. The zero-order chi connectivity index (χ0) is 14.4. The molecule has 1 aromatic heterocycles. The third-order valence-electron chi connectivity index (χ3n) is 2.59. The van der Waals surface area contributed by atoms with Crippen LogP contribution in [0.5, 0.6) is 0 Å². The molecule has 106 valence electrons. The Morgan fingerprint density at radius 1 is 1.30 bits per heavy atom. The Hall–Kier alpha value is -1.37. The van der Waals surface area contributed by atoms with Gasteiger partial charge >= 0.3 is 5.97 Å². The number of aliphatic hydroxyl groups excluding tert-OH is 1. The molecule has 1 aromatic carbocycles. The molecule has 0 saturated heterocycles. The van der Waals surface area contributed by atoms with Crippen LogP contribution in [0.1, 0.15) is 11.3 Å². The first-order valence-electron chi connectivity index (χ1n) is 6.13. The molecule has 0 bridgehead atoms. The Kier molecular flexibility index (Phi) is 5.58. The summed E-state index contributed by atoms with van der Waals surface area (Å²) in [7, 11) is 0. The van der Waals surface area contributed by atoms with Crippen LogP contribution >= 0.6 is 23.1 Å². The predicted octanol–water partition coefficient (Wildman–Crippen LogP) is 2.66. The van der Waals surface area contributed by atoms with E-state index in [2.05, 4.69) is 4.98 Å². The van der Waals surface area contributed by atoms with Crippen LogP contribution in [-0.4, -0.2) is 33.5 Å². The first-order valence-corrected chi connectivity index (χ1v) is 8.16. The summed E-state index contributed by atoms with van der Waals surface area (Å²) in [5, 5.41) is 20.1. The minimum Gasteiger partial charge on any atom is -0.481 e. The number of nitrogens with zero attached hydrogens (tertiary/aromatic N) is 1. The van der Waals surface area contributed by atoms with E-state index in [1.807, 2.05) is 24.3 Å². The number of aliphatic carboxylic acids is 1. The summed E-state index contributed by atoms with van der Waals surface area (Å²) in [6.45, 7) is 0.203. The van der Waals surface area contributed by atoms with Crippen molar-refractivity contribution in [1.82, 2.24) is 4.98 Å². The van der Waals surface area contributed by atoms with E-state index in [1.165, 1.54) is 16.9 Å². The number of rotatable bonds is 7. The van der Waals surface area contributed by atoms with Crippen molar-refractivity contribution >= 4 is 29.1 Å². The number of carbonyl (C=O) groups is 1. The molecule has 0 spiro atoms. The van der Waals surface area contributed by atoms with E-state index in [0.717, 1.165) is 22.1 Å². The smallest absolute Gasteiger partial charge is 0.309 e. The minimum atomic E-state index is -0.863. The average molecular weight is 309 g/mol. The van der Waals surface area contributed by atoms with Gasteiger partial charge in [0, 0.05) is 22.4 Å². The molecule has 6 heteroatoms. The molecule has 0 aliphatic carbocycles. The number of aliphatic hydroxyl groups is 1. The normalized spacial score (nSPS) is 10.7. The Balaban J connectivity index is 2.02. The van der Waals surface area contributed by atoms with Crippen molar-refractivity contribution < 1.29 is 15.0 Å². The summed E-state index contributed by atoms with van der Waals surface area (Å²) in [6, 6.07) is 8.08. The molecule has 0 aliphatic rings. The molecule has 0 fully saturated rings. The van der Waals surface area contributed by atoms with E-state index in [1.54, 1.807) is 17.1 Å². The summed E-state index contributed by atoms with van der Waals surface area (Å²) < 4.78 is 0. The minimum absolute atomic E-state index is 0.0353. The molecule has 2 rings (SSSR count). The molecule has 0 saturated carbocycles. The van der Waals surface area contributed by atoms with Gasteiger partial charge in [0.25, 0.3) is 0 Å². The molecule has 2 N–H and O–H groups in total. The Morgan fingerprint density at radius 2 is 2.05 bits per heavy atom. The van der Waals surface area contributed by atoms with Crippen LogP contribution in [0, 0.1) is 0 Å². The summed E-state index contributed by atoms with van der Waals surface area (Å²) in [6.07, 6.45) is -0.0353. The molecule has 0 unspecified atom stereocenters. The van der Waals surface area contributed by atoms with Crippen molar-refractivity contribution in [2.24, 2.45) is 0 Å². The molecule has 0 atom stereocenters. The van der Waals surface area contributed by atoms with Gasteiger partial charge in [0.15, 0.2) is 0 Å². The lowest BCUT2D eigenvalue weighted by Gasteiger charge is -2.02. The number of thiazole rings is 1. The van der Waals surface area contributed by atoms with Gasteiger partial charge in [0.1, 0.15) is 5.01 Å². The molecule has 2 aromatic rings. The molecule has 0 radical (unpaired) electrons. The maximum Gasteiger partial charge on any atom is 0.309 e. The van der Waals surface area contributed by atoms with Gasteiger partial charge in [-0.15, -0.1) is 11.3 Å². The largest absolute Gasteiger partial charge is 0.481 e. The fourth-order valence-corrected chi connectivity index (χ4v) is 3.20. The van der Waals surface area contributed by atoms with Crippen molar-refractivity contribution in [2.75, 3.05) is 12.4 Å². The SMILES string of the molecule is O=C(O)Cc1csc(-c2ccc(CSCCO)cc2)n1. The standard InChI is InChI=1S/C14H15NO3S2/c16-5-6-19-8-10-1-3-11(4-2-10)14-15-12(9-20-14)7-13(17)18/h1-4,9,16H,5-8H2,(H,17,18). The zero-order valence-electron chi connectivity index (χ0n) is 10.8. The van der Waals surface area contributed by atoms with Crippen LogP contribution in [0.25, 0.3) is 10.6 Å². The molecule has 4 nitrogen and oxygen atoms in total. The highest BCUT2D eigenvalue weighted by atomic mass is 32.2. The molecular formula is C14H15NO3S2. The van der Waals surface area contributed by atoms with Crippen LogP contribution in [-0.2, 0) is 17.0 Å². The third kappa shape index (κ3) is 4.33. The van der Waals surface area contributed by atoms with E-state index >= 15 is 0 Å².